The lowest BCUT2D eigenvalue weighted by Gasteiger charge is -1.98. The summed E-state index contributed by atoms with van der Waals surface area (Å²) in [6, 6.07) is 0. The Balaban J connectivity index is 1.94. The van der Waals surface area contributed by atoms with E-state index in [1.807, 2.05) is 6.08 Å². The number of hydrogen-bond acceptors (Lipinski definition) is 3. The Kier molecular flexibility index (Phi) is 10.6. The number of rotatable bonds is 13. The molecule has 1 aliphatic rings. The molecule has 0 aromatic heterocycles. The van der Waals surface area contributed by atoms with E-state index in [1.165, 1.54) is 56.8 Å². The fourth-order valence-corrected chi connectivity index (χ4v) is 2.54. The summed E-state index contributed by atoms with van der Waals surface area (Å²) in [4.78, 5) is 10.3. The number of aliphatic carboxylic acids is 1. The maximum Gasteiger partial charge on any atom is 0.328 e. The van der Waals surface area contributed by atoms with Crippen molar-refractivity contribution < 1.29 is 19.7 Å². The molecular formula is C20H30O4. The molecule has 2 N–H and O–H groups in total. The van der Waals surface area contributed by atoms with E-state index in [-0.39, 0.29) is 5.76 Å². The summed E-state index contributed by atoms with van der Waals surface area (Å²) < 4.78 is 5.53. The predicted molar refractivity (Wildman–Crippen MR) is 97.0 cm³/mol. The second kappa shape index (κ2) is 12.6. The van der Waals surface area contributed by atoms with Crippen molar-refractivity contribution in [3.8, 4) is 0 Å². The first-order valence-electron chi connectivity index (χ1n) is 8.92. The second-order valence-corrected chi connectivity index (χ2v) is 6.04. The van der Waals surface area contributed by atoms with Gasteiger partial charge in [-0.3, -0.25) is 0 Å². The Morgan fingerprint density at radius 3 is 2.42 bits per heavy atom. The number of unbranched alkanes of at least 4 members (excludes halogenated alkanes) is 5. The number of aliphatic hydroxyl groups excluding tert-OH is 1. The molecule has 0 spiro atoms. The molecule has 0 aromatic rings. The highest BCUT2D eigenvalue weighted by atomic mass is 16.6. The molecule has 0 aliphatic carbocycles. The van der Waals surface area contributed by atoms with Gasteiger partial charge in [0, 0.05) is 6.08 Å². The van der Waals surface area contributed by atoms with Crippen molar-refractivity contribution in [3.05, 3.63) is 48.3 Å². The lowest BCUT2D eigenvalue weighted by Crippen LogP contribution is -1.92. The number of allylic oxidation sites excluding steroid dienone is 6. The number of epoxide rings is 1. The highest BCUT2D eigenvalue weighted by Gasteiger charge is 2.35. The molecule has 4 nitrogen and oxygen atoms in total. The van der Waals surface area contributed by atoms with Crippen LogP contribution in [0, 0.1) is 0 Å². The van der Waals surface area contributed by atoms with Crippen LogP contribution in [0.4, 0.5) is 0 Å². The van der Waals surface area contributed by atoms with Gasteiger partial charge in [-0.1, -0.05) is 56.9 Å². The number of hydrogen-bond donors (Lipinski definition) is 2. The molecule has 4 heteroatoms. The van der Waals surface area contributed by atoms with Gasteiger partial charge in [-0.15, -0.1) is 0 Å². The molecule has 1 heterocycles. The number of aliphatic hydroxyl groups is 1. The molecule has 1 fully saturated rings. The SMILES string of the molecule is CCC1OC1CCCCCCCC=CC=CC(O)=CC=CC(=O)O. The Hall–Kier alpha value is -1.81. The fraction of sp³-hybridized carbons (Fsp3) is 0.550. The summed E-state index contributed by atoms with van der Waals surface area (Å²) in [5, 5.41) is 17.9. The van der Waals surface area contributed by atoms with Crippen molar-refractivity contribution in [2.24, 2.45) is 0 Å². The van der Waals surface area contributed by atoms with Gasteiger partial charge in [0.2, 0.25) is 0 Å². The number of carboxylic acid groups (broad SMARTS) is 1. The van der Waals surface area contributed by atoms with Gasteiger partial charge >= 0.3 is 5.97 Å². The Morgan fingerprint density at radius 1 is 0.958 bits per heavy atom. The van der Waals surface area contributed by atoms with Crippen LogP contribution >= 0.6 is 0 Å². The zero-order valence-electron chi connectivity index (χ0n) is 14.6. The van der Waals surface area contributed by atoms with Crippen molar-refractivity contribution in [2.45, 2.75) is 70.5 Å². The third-order valence-electron chi connectivity index (χ3n) is 3.97. The minimum Gasteiger partial charge on any atom is -0.508 e. The molecular weight excluding hydrogens is 304 g/mol. The number of carboxylic acids is 1. The molecule has 24 heavy (non-hydrogen) atoms. The minimum atomic E-state index is -1.03. The van der Waals surface area contributed by atoms with Crippen LogP contribution in [0.3, 0.4) is 0 Å². The number of carbonyl (C=O) groups is 1. The van der Waals surface area contributed by atoms with Gasteiger partial charge in [0.25, 0.3) is 0 Å². The predicted octanol–water partition coefficient (Wildman–Crippen LogP) is 5.09. The summed E-state index contributed by atoms with van der Waals surface area (Å²) in [6.45, 7) is 2.18. The molecule has 0 bridgehead atoms. The van der Waals surface area contributed by atoms with Gasteiger partial charge in [0.05, 0.1) is 12.2 Å². The Labute approximate surface area is 145 Å². The summed E-state index contributed by atoms with van der Waals surface area (Å²) in [7, 11) is 0. The Bertz CT molecular complexity index is 474. The third-order valence-corrected chi connectivity index (χ3v) is 3.97. The molecule has 0 aromatic carbocycles. The molecule has 1 rings (SSSR count). The standard InChI is InChI=1S/C20H30O4/c1-2-18-19(24-18)15-11-9-7-5-3-4-6-8-10-13-17(21)14-12-16-20(22)23/h6,8,10,12-14,16,18-19,21H,2-5,7,9,11,15H2,1H3,(H,22,23). The average molecular weight is 334 g/mol. The van der Waals surface area contributed by atoms with E-state index < -0.39 is 5.97 Å². The molecule has 134 valence electrons. The minimum absolute atomic E-state index is 0.0297. The van der Waals surface area contributed by atoms with Gasteiger partial charge in [-0.25, -0.2) is 4.79 Å². The molecule has 0 radical (unpaired) electrons. The molecule has 1 aliphatic heterocycles. The first-order chi connectivity index (χ1) is 11.6. The van der Waals surface area contributed by atoms with E-state index in [1.54, 1.807) is 6.08 Å². The molecule has 2 unspecified atom stereocenters. The highest BCUT2D eigenvalue weighted by molar-refractivity contribution is 5.80. The molecule has 0 saturated carbocycles. The van der Waals surface area contributed by atoms with Gasteiger partial charge in [0.1, 0.15) is 5.76 Å². The smallest absolute Gasteiger partial charge is 0.328 e. The fourth-order valence-electron chi connectivity index (χ4n) is 2.54. The Morgan fingerprint density at radius 2 is 1.71 bits per heavy atom. The van der Waals surface area contributed by atoms with E-state index in [9.17, 15) is 9.90 Å². The number of ether oxygens (including phenoxy) is 1. The van der Waals surface area contributed by atoms with E-state index in [2.05, 4.69) is 13.0 Å². The van der Waals surface area contributed by atoms with E-state index in [0.29, 0.717) is 12.2 Å². The third kappa shape index (κ3) is 10.8. The van der Waals surface area contributed by atoms with E-state index >= 15 is 0 Å². The second-order valence-electron chi connectivity index (χ2n) is 6.04. The van der Waals surface area contributed by atoms with E-state index in [4.69, 9.17) is 9.84 Å². The lowest BCUT2D eigenvalue weighted by molar-refractivity contribution is -0.131. The zero-order valence-corrected chi connectivity index (χ0v) is 14.6. The maximum absolute atomic E-state index is 10.3. The summed E-state index contributed by atoms with van der Waals surface area (Å²) in [5.74, 6) is -1.00. The monoisotopic (exact) mass is 334 g/mol. The van der Waals surface area contributed by atoms with Crippen LogP contribution in [0.2, 0.25) is 0 Å². The zero-order chi connectivity index (χ0) is 17.6. The summed E-state index contributed by atoms with van der Waals surface area (Å²) in [6.07, 6.45) is 21.7. The van der Waals surface area contributed by atoms with Gasteiger partial charge in [0.15, 0.2) is 0 Å². The van der Waals surface area contributed by atoms with Crippen molar-refractivity contribution >= 4 is 5.97 Å². The quantitative estimate of drug-likeness (QED) is 0.162. The van der Waals surface area contributed by atoms with Crippen LogP contribution in [-0.2, 0) is 9.53 Å². The topological polar surface area (TPSA) is 70.1 Å². The summed E-state index contributed by atoms with van der Waals surface area (Å²) in [5.41, 5.74) is 0. The molecule has 1 saturated heterocycles. The van der Waals surface area contributed by atoms with Crippen LogP contribution in [-0.4, -0.2) is 28.4 Å². The first-order valence-corrected chi connectivity index (χ1v) is 8.92. The van der Waals surface area contributed by atoms with Gasteiger partial charge in [-0.2, -0.15) is 0 Å². The summed E-state index contributed by atoms with van der Waals surface area (Å²) >= 11 is 0. The van der Waals surface area contributed by atoms with Crippen molar-refractivity contribution in [2.75, 3.05) is 0 Å². The van der Waals surface area contributed by atoms with Crippen molar-refractivity contribution in [3.63, 3.8) is 0 Å². The van der Waals surface area contributed by atoms with Crippen LogP contribution in [0.1, 0.15) is 58.3 Å². The van der Waals surface area contributed by atoms with Crippen LogP contribution < -0.4 is 0 Å². The highest BCUT2D eigenvalue weighted by Crippen LogP contribution is 2.29. The van der Waals surface area contributed by atoms with Crippen LogP contribution in [0.25, 0.3) is 0 Å². The van der Waals surface area contributed by atoms with Gasteiger partial charge in [-0.05, 0) is 37.8 Å². The largest absolute Gasteiger partial charge is 0.508 e. The van der Waals surface area contributed by atoms with Crippen molar-refractivity contribution in [1.82, 2.24) is 0 Å². The average Bonchev–Trinajstić information content (AvgIpc) is 3.30. The van der Waals surface area contributed by atoms with Crippen molar-refractivity contribution in [1.29, 1.82) is 0 Å². The molecule has 0 amide bonds. The molecule has 2 atom stereocenters. The first kappa shape index (κ1) is 20.2. The van der Waals surface area contributed by atoms with Crippen LogP contribution in [0.5, 0.6) is 0 Å². The lowest BCUT2D eigenvalue weighted by atomic mass is 10.1. The maximum atomic E-state index is 10.3. The van der Waals surface area contributed by atoms with Crippen LogP contribution in [0.15, 0.2) is 48.3 Å². The van der Waals surface area contributed by atoms with E-state index in [0.717, 1.165) is 18.9 Å². The van der Waals surface area contributed by atoms with Gasteiger partial charge < -0.3 is 14.9 Å². The normalized spacial score (nSPS) is 21.3.